The predicted molar refractivity (Wildman–Crippen MR) is 75.7 cm³/mol. The van der Waals surface area contributed by atoms with Gasteiger partial charge in [0, 0.05) is 17.5 Å². The van der Waals surface area contributed by atoms with Crippen LogP contribution in [0.2, 0.25) is 0 Å². The Bertz CT molecular complexity index is 428. The Morgan fingerprint density at radius 3 is 3.06 bits per heavy atom. The van der Waals surface area contributed by atoms with Crippen molar-refractivity contribution in [3.05, 3.63) is 28.2 Å². The van der Waals surface area contributed by atoms with Crippen LogP contribution >= 0.6 is 15.9 Å². The summed E-state index contributed by atoms with van der Waals surface area (Å²) in [5.74, 6) is 0.0510. The molecule has 0 aliphatic carbocycles. The summed E-state index contributed by atoms with van der Waals surface area (Å²) in [5, 5.41) is 2.92. The minimum atomic E-state index is 0.0510. The molecule has 0 spiro atoms. The van der Waals surface area contributed by atoms with E-state index >= 15 is 0 Å². The maximum absolute atomic E-state index is 11.8. The second-order valence-electron chi connectivity index (χ2n) is 4.71. The highest BCUT2D eigenvalue weighted by molar-refractivity contribution is 9.10. The van der Waals surface area contributed by atoms with Crippen molar-refractivity contribution in [3.8, 4) is 0 Å². The van der Waals surface area contributed by atoms with Gasteiger partial charge < -0.3 is 10.1 Å². The monoisotopic (exact) mass is 311 g/mol. The maximum Gasteiger partial charge on any atom is 0.224 e. The van der Waals surface area contributed by atoms with Crippen LogP contribution < -0.4 is 5.32 Å². The molecule has 1 aliphatic heterocycles. The first-order valence-corrected chi connectivity index (χ1v) is 7.12. The zero-order valence-corrected chi connectivity index (χ0v) is 12.1. The zero-order chi connectivity index (χ0) is 13.0. The van der Waals surface area contributed by atoms with Crippen LogP contribution in [0.3, 0.4) is 0 Å². The van der Waals surface area contributed by atoms with E-state index in [-0.39, 0.29) is 12.0 Å². The summed E-state index contributed by atoms with van der Waals surface area (Å²) in [6.45, 7) is 2.86. The van der Waals surface area contributed by atoms with Gasteiger partial charge in [-0.3, -0.25) is 4.79 Å². The molecule has 1 atom stereocenters. The lowest BCUT2D eigenvalue weighted by Gasteiger charge is -2.10. The van der Waals surface area contributed by atoms with Crippen LogP contribution in [-0.2, 0) is 9.53 Å². The van der Waals surface area contributed by atoms with Gasteiger partial charge in [0.1, 0.15) is 0 Å². The van der Waals surface area contributed by atoms with Gasteiger partial charge in [-0.25, -0.2) is 0 Å². The molecular weight excluding hydrogens is 294 g/mol. The molecule has 0 unspecified atom stereocenters. The highest BCUT2D eigenvalue weighted by atomic mass is 79.9. The number of nitrogens with one attached hydrogen (secondary N) is 1. The number of hydrogen-bond donors (Lipinski definition) is 1. The molecule has 0 saturated carbocycles. The van der Waals surface area contributed by atoms with Crippen LogP contribution in [0.15, 0.2) is 22.7 Å². The van der Waals surface area contributed by atoms with Gasteiger partial charge in [0.15, 0.2) is 0 Å². The number of hydrogen-bond acceptors (Lipinski definition) is 2. The number of benzene rings is 1. The lowest BCUT2D eigenvalue weighted by atomic mass is 10.1. The van der Waals surface area contributed by atoms with Crippen LogP contribution in [0.1, 0.15) is 31.2 Å². The van der Waals surface area contributed by atoms with Gasteiger partial charge in [0.25, 0.3) is 0 Å². The van der Waals surface area contributed by atoms with Crippen LogP contribution in [0, 0.1) is 6.92 Å². The maximum atomic E-state index is 11.8. The second kappa shape index (κ2) is 6.34. The first-order valence-electron chi connectivity index (χ1n) is 6.33. The van der Waals surface area contributed by atoms with Crippen molar-refractivity contribution in [2.24, 2.45) is 0 Å². The van der Waals surface area contributed by atoms with E-state index in [9.17, 15) is 4.79 Å². The Labute approximate surface area is 116 Å². The largest absolute Gasteiger partial charge is 0.378 e. The summed E-state index contributed by atoms with van der Waals surface area (Å²) in [7, 11) is 0. The lowest BCUT2D eigenvalue weighted by Crippen LogP contribution is -2.15. The number of halogens is 1. The van der Waals surface area contributed by atoms with E-state index < -0.39 is 0 Å². The van der Waals surface area contributed by atoms with Gasteiger partial charge in [0.2, 0.25) is 5.91 Å². The van der Waals surface area contributed by atoms with Gasteiger partial charge in [-0.2, -0.15) is 0 Å². The molecule has 1 saturated heterocycles. The van der Waals surface area contributed by atoms with E-state index in [0.29, 0.717) is 6.42 Å². The Balaban J connectivity index is 1.82. The van der Waals surface area contributed by atoms with Crippen molar-refractivity contribution in [3.63, 3.8) is 0 Å². The molecule has 0 aromatic heterocycles. The summed E-state index contributed by atoms with van der Waals surface area (Å²) < 4.78 is 6.43. The van der Waals surface area contributed by atoms with Crippen molar-refractivity contribution < 1.29 is 9.53 Å². The quantitative estimate of drug-likeness (QED) is 0.921. The van der Waals surface area contributed by atoms with Gasteiger partial charge in [-0.05, 0) is 59.8 Å². The Kier molecular flexibility index (Phi) is 4.78. The van der Waals surface area contributed by atoms with Crippen LogP contribution in [0.4, 0.5) is 5.69 Å². The molecule has 1 amide bonds. The molecule has 2 rings (SSSR count). The normalized spacial score (nSPS) is 18.9. The van der Waals surface area contributed by atoms with Crippen molar-refractivity contribution in [1.82, 2.24) is 0 Å². The number of carbonyl (C=O) groups is 1. The molecular formula is C14H18BrNO2. The van der Waals surface area contributed by atoms with E-state index in [2.05, 4.69) is 21.2 Å². The SMILES string of the molecule is Cc1ccc(NC(=O)CC[C@H]2CCCO2)c(Br)c1. The highest BCUT2D eigenvalue weighted by Crippen LogP contribution is 2.24. The number of carbonyl (C=O) groups excluding carboxylic acids is 1. The summed E-state index contributed by atoms with van der Waals surface area (Å²) in [4.78, 5) is 11.8. The first-order chi connectivity index (χ1) is 8.65. The zero-order valence-electron chi connectivity index (χ0n) is 10.5. The Morgan fingerprint density at radius 2 is 2.39 bits per heavy atom. The standard InChI is InChI=1S/C14H18BrNO2/c1-10-4-6-13(12(15)9-10)16-14(17)7-5-11-3-2-8-18-11/h4,6,9,11H,2-3,5,7-8H2,1H3,(H,16,17)/t11-/m1/s1. The van der Waals surface area contributed by atoms with Crippen molar-refractivity contribution in [2.45, 2.75) is 38.7 Å². The van der Waals surface area contributed by atoms with E-state index in [4.69, 9.17) is 4.74 Å². The summed E-state index contributed by atoms with van der Waals surface area (Å²) in [6, 6.07) is 5.90. The minimum Gasteiger partial charge on any atom is -0.378 e. The van der Waals surface area contributed by atoms with E-state index in [1.54, 1.807) is 0 Å². The highest BCUT2D eigenvalue weighted by Gasteiger charge is 2.16. The van der Waals surface area contributed by atoms with Crippen molar-refractivity contribution in [1.29, 1.82) is 0 Å². The molecule has 18 heavy (non-hydrogen) atoms. The molecule has 98 valence electrons. The molecule has 1 aromatic carbocycles. The molecule has 1 heterocycles. The van der Waals surface area contributed by atoms with Gasteiger partial charge in [-0.1, -0.05) is 6.07 Å². The molecule has 3 nitrogen and oxygen atoms in total. The summed E-state index contributed by atoms with van der Waals surface area (Å²) >= 11 is 3.45. The third kappa shape index (κ3) is 3.82. The van der Waals surface area contributed by atoms with Crippen LogP contribution in [0.25, 0.3) is 0 Å². The third-order valence-corrected chi connectivity index (χ3v) is 3.77. The number of rotatable bonds is 4. The van der Waals surface area contributed by atoms with Gasteiger partial charge >= 0.3 is 0 Å². The van der Waals surface area contributed by atoms with E-state index in [1.165, 1.54) is 5.56 Å². The van der Waals surface area contributed by atoms with E-state index in [1.807, 2.05) is 25.1 Å². The third-order valence-electron chi connectivity index (χ3n) is 3.12. The van der Waals surface area contributed by atoms with Gasteiger partial charge in [-0.15, -0.1) is 0 Å². The summed E-state index contributed by atoms with van der Waals surface area (Å²) in [5.41, 5.74) is 2.00. The average molecular weight is 312 g/mol. The minimum absolute atomic E-state index is 0.0510. The fourth-order valence-corrected chi connectivity index (χ4v) is 2.69. The summed E-state index contributed by atoms with van der Waals surface area (Å²) in [6.07, 6.45) is 3.81. The van der Waals surface area contributed by atoms with Gasteiger partial charge in [0.05, 0.1) is 11.8 Å². The molecule has 1 N–H and O–H groups in total. The molecule has 0 radical (unpaired) electrons. The fourth-order valence-electron chi connectivity index (χ4n) is 2.10. The van der Waals surface area contributed by atoms with Crippen molar-refractivity contribution in [2.75, 3.05) is 11.9 Å². The Morgan fingerprint density at radius 1 is 1.56 bits per heavy atom. The number of anilines is 1. The molecule has 0 bridgehead atoms. The number of ether oxygens (including phenoxy) is 1. The average Bonchev–Trinajstić information content (AvgIpc) is 2.83. The topological polar surface area (TPSA) is 38.3 Å². The molecule has 1 fully saturated rings. The first kappa shape index (κ1) is 13.6. The second-order valence-corrected chi connectivity index (χ2v) is 5.56. The molecule has 1 aromatic rings. The lowest BCUT2D eigenvalue weighted by molar-refractivity contribution is -0.116. The smallest absolute Gasteiger partial charge is 0.224 e. The molecule has 1 aliphatic rings. The van der Waals surface area contributed by atoms with Crippen LogP contribution in [0.5, 0.6) is 0 Å². The fraction of sp³-hybridized carbons (Fsp3) is 0.500. The number of aryl methyl sites for hydroxylation is 1. The molecule has 4 heteroatoms. The van der Waals surface area contributed by atoms with Crippen molar-refractivity contribution >= 4 is 27.5 Å². The number of amides is 1. The van der Waals surface area contributed by atoms with Crippen LogP contribution in [-0.4, -0.2) is 18.6 Å². The predicted octanol–water partition coefficient (Wildman–Crippen LogP) is 3.66. The Hall–Kier alpha value is -0.870. The van der Waals surface area contributed by atoms with E-state index in [0.717, 1.165) is 36.0 Å².